The summed E-state index contributed by atoms with van der Waals surface area (Å²) in [5.41, 5.74) is 2.13. The summed E-state index contributed by atoms with van der Waals surface area (Å²) in [6.07, 6.45) is 1.50. The molecule has 4 rings (SSSR count). The monoisotopic (exact) mass is 288 g/mol. The number of fused-ring (bicyclic) bond motifs is 1. The van der Waals surface area contributed by atoms with Gasteiger partial charge in [0, 0.05) is 5.39 Å². The van der Waals surface area contributed by atoms with Crippen molar-refractivity contribution in [3.8, 4) is 5.69 Å². The van der Waals surface area contributed by atoms with Gasteiger partial charge in [0.05, 0.1) is 17.5 Å². The van der Waals surface area contributed by atoms with Crippen LogP contribution < -0.4 is 0 Å². The summed E-state index contributed by atoms with van der Waals surface area (Å²) in [6, 6.07) is 20.6. The van der Waals surface area contributed by atoms with E-state index in [0.29, 0.717) is 11.5 Å². The minimum atomic E-state index is -0.178. The Hall–Kier alpha value is -3.14. The van der Waals surface area contributed by atoms with Gasteiger partial charge >= 0.3 is 0 Å². The standard InChI is InChI=1S/C18H12N2O2/c21-18(16-11-6-12-22-16)17-14-9-4-5-10-15(14)19-20(17)13-7-2-1-3-8-13/h1-12H. The fourth-order valence-corrected chi connectivity index (χ4v) is 2.53. The summed E-state index contributed by atoms with van der Waals surface area (Å²) in [4.78, 5) is 12.8. The van der Waals surface area contributed by atoms with Gasteiger partial charge in [-0.05, 0) is 30.3 Å². The minimum absolute atomic E-state index is 0.178. The summed E-state index contributed by atoms with van der Waals surface area (Å²) in [7, 11) is 0. The Bertz CT molecular complexity index is 938. The summed E-state index contributed by atoms with van der Waals surface area (Å²) >= 11 is 0. The average molecular weight is 288 g/mol. The molecule has 0 atom stereocenters. The van der Waals surface area contributed by atoms with E-state index < -0.39 is 0 Å². The smallest absolute Gasteiger partial charge is 0.247 e. The Morgan fingerprint density at radius 3 is 2.45 bits per heavy atom. The van der Waals surface area contributed by atoms with Crippen molar-refractivity contribution in [1.29, 1.82) is 0 Å². The van der Waals surface area contributed by atoms with E-state index in [-0.39, 0.29) is 5.78 Å². The Morgan fingerprint density at radius 1 is 0.909 bits per heavy atom. The third-order valence-electron chi connectivity index (χ3n) is 3.54. The van der Waals surface area contributed by atoms with Crippen molar-refractivity contribution in [2.45, 2.75) is 0 Å². The van der Waals surface area contributed by atoms with Crippen molar-refractivity contribution < 1.29 is 9.21 Å². The molecule has 0 saturated carbocycles. The van der Waals surface area contributed by atoms with E-state index in [1.807, 2.05) is 54.6 Å². The molecule has 22 heavy (non-hydrogen) atoms. The zero-order chi connectivity index (χ0) is 14.9. The third kappa shape index (κ3) is 1.93. The number of carbonyl (C=O) groups is 1. The number of benzene rings is 2. The quantitative estimate of drug-likeness (QED) is 0.538. The summed E-state index contributed by atoms with van der Waals surface area (Å²) in [6.45, 7) is 0. The molecule has 0 amide bonds. The highest BCUT2D eigenvalue weighted by molar-refractivity contribution is 6.14. The number of furan rings is 1. The Balaban J connectivity index is 2.01. The molecule has 4 heteroatoms. The van der Waals surface area contributed by atoms with Crippen LogP contribution in [0.3, 0.4) is 0 Å². The Labute approximate surface area is 126 Å². The topological polar surface area (TPSA) is 48.0 Å². The van der Waals surface area contributed by atoms with Crippen LogP contribution in [0.15, 0.2) is 77.4 Å². The van der Waals surface area contributed by atoms with Gasteiger partial charge in [0.15, 0.2) is 5.76 Å². The van der Waals surface area contributed by atoms with Gasteiger partial charge in [-0.2, -0.15) is 5.10 Å². The molecule has 0 radical (unpaired) electrons. The maximum absolute atomic E-state index is 12.8. The van der Waals surface area contributed by atoms with Crippen LogP contribution in [-0.2, 0) is 0 Å². The first-order valence-corrected chi connectivity index (χ1v) is 6.96. The van der Waals surface area contributed by atoms with Crippen LogP contribution >= 0.6 is 0 Å². The van der Waals surface area contributed by atoms with Crippen LogP contribution in [0.5, 0.6) is 0 Å². The lowest BCUT2D eigenvalue weighted by molar-refractivity contribution is 0.100. The van der Waals surface area contributed by atoms with Crippen LogP contribution in [0.25, 0.3) is 16.6 Å². The van der Waals surface area contributed by atoms with Gasteiger partial charge in [0.25, 0.3) is 0 Å². The molecule has 0 unspecified atom stereocenters. The van der Waals surface area contributed by atoms with E-state index >= 15 is 0 Å². The molecule has 0 N–H and O–H groups in total. The van der Waals surface area contributed by atoms with Crippen molar-refractivity contribution in [2.75, 3.05) is 0 Å². The van der Waals surface area contributed by atoms with Crippen LogP contribution in [0.1, 0.15) is 16.2 Å². The number of rotatable bonds is 3. The summed E-state index contributed by atoms with van der Waals surface area (Å²) in [5, 5.41) is 5.38. The normalized spacial score (nSPS) is 10.9. The third-order valence-corrected chi connectivity index (χ3v) is 3.54. The summed E-state index contributed by atoms with van der Waals surface area (Å²) < 4.78 is 6.94. The first-order valence-electron chi connectivity index (χ1n) is 6.96. The van der Waals surface area contributed by atoms with Crippen LogP contribution in [0.2, 0.25) is 0 Å². The van der Waals surface area contributed by atoms with Gasteiger partial charge < -0.3 is 4.42 Å². The second-order valence-electron chi connectivity index (χ2n) is 4.92. The summed E-state index contributed by atoms with van der Waals surface area (Å²) in [5.74, 6) is 0.130. The molecular formula is C18H12N2O2. The molecule has 0 spiro atoms. The molecule has 106 valence electrons. The molecule has 0 fully saturated rings. The van der Waals surface area contributed by atoms with Crippen molar-refractivity contribution in [3.05, 3.63) is 84.4 Å². The van der Waals surface area contributed by atoms with Gasteiger partial charge in [-0.15, -0.1) is 0 Å². The highest BCUT2D eigenvalue weighted by Crippen LogP contribution is 2.24. The largest absolute Gasteiger partial charge is 0.461 e. The molecule has 2 aromatic heterocycles. The fourth-order valence-electron chi connectivity index (χ4n) is 2.53. The van der Waals surface area contributed by atoms with Crippen molar-refractivity contribution in [2.24, 2.45) is 0 Å². The van der Waals surface area contributed by atoms with Crippen molar-refractivity contribution in [3.63, 3.8) is 0 Å². The number of ketones is 1. The molecule has 4 nitrogen and oxygen atoms in total. The van der Waals surface area contributed by atoms with E-state index in [9.17, 15) is 4.79 Å². The van der Waals surface area contributed by atoms with Gasteiger partial charge in [-0.3, -0.25) is 4.79 Å². The Kier molecular flexibility index (Phi) is 2.86. The second-order valence-corrected chi connectivity index (χ2v) is 4.92. The average Bonchev–Trinajstić information content (AvgIpc) is 3.23. The SMILES string of the molecule is O=C(c1ccco1)c1c2ccccc2nn1-c1ccccc1. The van der Waals surface area contributed by atoms with E-state index in [4.69, 9.17) is 4.42 Å². The lowest BCUT2D eigenvalue weighted by Gasteiger charge is -2.05. The molecule has 0 bridgehead atoms. The van der Waals surface area contributed by atoms with E-state index in [0.717, 1.165) is 16.6 Å². The number of hydrogen-bond donors (Lipinski definition) is 0. The number of para-hydroxylation sites is 1. The second kappa shape index (κ2) is 5.00. The van der Waals surface area contributed by atoms with Crippen molar-refractivity contribution in [1.82, 2.24) is 9.78 Å². The van der Waals surface area contributed by atoms with Gasteiger partial charge in [0.1, 0.15) is 5.69 Å². The molecule has 0 aliphatic carbocycles. The molecule has 2 heterocycles. The predicted molar refractivity (Wildman–Crippen MR) is 83.2 cm³/mol. The lowest BCUT2D eigenvalue weighted by Crippen LogP contribution is -2.09. The number of carbonyl (C=O) groups excluding carboxylic acids is 1. The maximum Gasteiger partial charge on any atom is 0.247 e. The zero-order valence-electron chi connectivity index (χ0n) is 11.6. The predicted octanol–water partition coefficient (Wildman–Crippen LogP) is 3.85. The van der Waals surface area contributed by atoms with E-state index in [2.05, 4.69) is 5.10 Å². The highest BCUT2D eigenvalue weighted by atomic mass is 16.3. The zero-order valence-corrected chi connectivity index (χ0v) is 11.6. The van der Waals surface area contributed by atoms with Crippen LogP contribution in [-0.4, -0.2) is 15.6 Å². The maximum atomic E-state index is 12.8. The van der Waals surface area contributed by atoms with E-state index in [1.54, 1.807) is 16.8 Å². The molecule has 0 aliphatic rings. The van der Waals surface area contributed by atoms with Gasteiger partial charge in [-0.25, -0.2) is 4.68 Å². The molecule has 0 aliphatic heterocycles. The Morgan fingerprint density at radius 2 is 1.68 bits per heavy atom. The van der Waals surface area contributed by atoms with Gasteiger partial charge in [-0.1, -0.05) is 36.4 Å². The first-order chi connectivity index (χ1) is 10.8. The molecular weight excluding hydrogens is 276 g/mol. The van der Waals surface area contributed by atoms with Crippen LogP contribution in [0.4, 0.5) is 0 Å². The van der Waals surface area contributed by atoms with Crippen molar-refractivity contribution >= 4 is 16.7 Å². The molecule has 4 aromatic rings. The van der Waals surface area contributed by atoms with Gasteiger partial charge in [0.2, 0.25) is 5.78 Å². The van der Waals surface area contributed by atoms with Crippen LogP contribution in [0, 0.1) is 0 Å². The lowest BCUT2D eigenvalue weighted by atomic mass is 10.1. The molecule has 0 saturated heterocycles. The van der Waals surface area contributed by atoms with E-state index in [1.165, 1.54) is 6.26 Å². The first kappa shape index (κ1) is 12.6. The number of hydrogen-bond acceptors (Lipinski definition) is 3. The highest BCUT2D eigenvalue weighted by Gasteiger charge is 2.22. The number of aromatic nitrogens is 2. The minimum Gasteiger partial charge on any atom is -0.461 e. The fraction of sp³-hybridized carbons (Fsp3) is 0. The molecule has 2 aromatic carbocycles. The number of nitrogens with zero attached hydrogens (tertiary/aromatic N) is 2.